The van der Waals surface area contributed by atoms with Crippen molar-refractivity contribution in [3.8, 4) is 11.5 Å². The van der Waals surface area contributed by atoms with Gasteiger partial charge in [0.2, 0.25) is 5.91 Å². The van der Waals surface area contributed by atoms with Crippen LogP contribution in [0.25, 0.3) is 0 Å². The number of amides is 2. The zero-order valence-corrected chi connectivity index (χ0v) is 19.4. The van der Waals surface area contributed by atoms with Crippen LogP contribution in [0.5, 0.6) is 11.5 Å². The highest BCUT2D eigenvalue weighted by molar-refractivity contribution is 8.00. The van der Waals surface area contributed by atoms with E-state index >= 15 is 0 Å². The predicted octanol–water partition coefficient (Wildman–Crippen LogP) is 4.86. The topological polar surface area (TPSA) is 125 Å². The summed E-state index contributed by atoms with van der Waals surface area (Å²) >= 11 is 1.33. The summed E-state index contributed by atoms with van der Waals surface area (Å²) in [6, 6.07) is 17.8. The third-order valence-electron chi connectivity index (χ3n) is 4.88. The monoisotopic (exact) mass is 480 g/mol. The van der Waals surface area contributed by atoms with Crippen LogP contribution in [0.3, 0.4) is 0 Å². The number of thioether (sulfide) groups is 1. The number of carboxylic acid groups (broad SMARTS) is 1. The van der Waals surface area contributed by atoms with Crippen LogP contribution in [-0.2, 0) is 4.79 Å². The minimum atomic E-state index is -1.29. The van der Waals surface area contributed by atoms with Gasteiger partial charge in [0, 0.05) is 21.8 Å². The number of anilines is 2. The fourth-order valence-electron chi connectivity index (χ4n) is 3.09. The standard InChI is InChI=1S/C25H24N2O6S/c1-3-22(24(30)27-17-9-12-21(28)20(14-17)25(31)32)34-19-6-4-5-16(13-19)26-23(29)15-7-10-18(33-2)11-8-15/h4-14,22,28H,3H2,1-2H3,(H,26,29)(H,27,30)(H,31,32). The number of hydrogen-bond acceptors (Lipinski definition) is 6. The molecule has 0 radical (unpaired) electrons. The summed E-state index contributed by atoms with van der Waals surface area (Å²) in [4.78, 5) is 37.3. The van der Waals surface area contributed by atoms with Gasteiger partial charge >= 0.3 is 5.97 Å². The minimum absolute atomic E-state index is 0.267. The number of carboxylic acids is 1. The van der Waals surface area contributed by atoms with Gasteiger partial charge < -0.3 is 25.6 Å². The minimum Gasteiger partial charge on any atom is -0.507 e. The van der Waals surface area contributed by atoms with Crippen molar-refractivity contribution in [1.29, 1.82) is 0 Å². The van der Waals surface area contributed by atoms with Gasteiger partial charge in [-0.05, 0) is 67.1 Å². The Balaban J connectivity index is 1.67. The molecule has 0 aromatic heterocycles. The van der Waals surface area contributed by atoms with Gasteiger partial charge in [-0.1, -0.05) is 13.0 Å². The van der Waals surface area contributed by atoms with Crippen LogP contribution < -0.4 is 15.4 Å². The van der Waals surface area contributed by atoms with Gasteiger partial charge in [-0.2, -0.15) is 0 Å². The van der Waals surface area contributed by atoms with E-state index in [2.05, 4.69) is 10.6 Å². The second-order valence-corrected chi connectivity index (χ2v) is 8.53. The van der Waals surface area contributed by atoms with Gasteiger partial charge in [-0.3, -0.25) is 9.59 Å². The molecule has 176 valence electrons. The molecule has 0 aliphatic carbocycles. The first-order valence-corrected chi connectivity index (χ1v) is 11.3. The van der Waals surface area contributed by atoms with Gasteiger partial charge in [0.25, 0.3) is 5.91 Å². The second kappa shape index (κ2) is 11.2. The zero-order chi connectivity index (χ0) is 24.7. The van der Waals surface area contributed by atoms with Crippen molar-refractivity contribution < 1.29 is 29.3 Å². The first-order chi connectivity index (χ1) is 16.3. The molecule has 4 N–H and O–H groups in total. The van der Waals surface area contributed by atoms with E-state index in [1.54, 1.807) is 49.6 Å². The van der Waals surface area contributed by atoms with Crippen molar-refractivity contribution in [3.05, 3.63) is 77.9 Å². The number of aromatic hydroxyl groups is 1. The largest absolute Gasteiger partial charge is 0.507 e. The number of nitrogens with one attached hydrogen (secondary N) is 2. The maximum Gasteiger partial charge on any atom is 0.339 e. The molecule has 3 rings (SSSR count). The molecule has 8 nitrogen and oxygen atoms in total. The Morgan fingerprint density at radius 1 is 0.971 bits per heavy atom. The van der Waals surface area contributed by atoms with E-state index in [1.807, 2.05) is 13.0 Å². The van der Waals surface area contributed by atoms with E-state index < -0.39 is 11.2 Å². The highest BCUT2D eigenvalue weighted by Gasteiger charge is 2.20. The van der Waals surface area contributed by atoms with Crippen LogP contribution >= 0.6 is 11.8 Å². The van der Waals surface area contributed by atoms with Crippen LogP contribution in [0.1, 0.15) is 34.1 Å². The maximum atomic E-state index is 12.8. The van der Waals surface area contributed by atoms with E-state index in [-0.39, 0.29) is 28.8 Å². The first kappa shape index (κ1) is 24.7. The molecule has 0 spiro atoms. The average Bonchev–Trinajstić information content (AvgIpc) is 2.83. The third-order valence-corrected chi connectivity index (χ3v) is 6.24. The highest BCUT2D eigenvalue weighted by atomic mass is 32.2. The van der Waals surface area contributed by atoms with Crippen molar-refractivity contribution in [1.82, 2.24) is 0 Å². The Labute approximate surface area is 201 Å². The lowest BCUT2D eigenvalue weighted by molar-refractivity contribution is -0.115. The summed E-state index contributed by atoms with van der Waals surface area (Å²) in [6.07, 6.45) is 0.517. The molecule has 34 heavy (non-hydrogen) atoms. The van der Waals surface area contributed by atoms with Crippen molar-refractivity contribution >= 4 is 40.9 Å². The van der Waals surface area contributed by atoms with Gasteiger partial charge in [-0.25, -0.2) is 4.79 Å². The van der Waals surface area contributed by atoms with Gasteiger partial charge in [0.15, 0.2) is 0 Å². The van der Waals surface area contributed by atoms with E-state index in [9.17, 15) is 19.5 Å². The van der Waals surface area contributed by atoms with Crippen molar-refractivity contribution in [2.24, 2.45) is 0 Å². The number of carbonyl (C=O) groups is 3. The number of methoxy groups -OCH3 is 1. The molecule has 1 unspecified atom stereocenters. The summed E-state index contributed by atoms with van der Waals surface area (Å²) in [5.41, 5.74) is 1.06. The van der Waals surface area contributed by atoms with Crippen LogP contribution in [0.4, 0.5) is 11.4 Å². The molecule has 0 bridgehead atoms. The summed E-state index contributed by atoms with van der Waals surface area (Å²) in [5, 5.41) is 23.9. The summed E-state index contributed by atoms with van der Waals surface area (Å²) in [5.74, 6) is -1.58. The Morgan fingerprint density at radius 2 is 1.68 bits per heavy atom. The molecule has 3 aromatic carbocycles. The van der Waals surface area contributed by atoms with Crippen molar-refractivity contribution in [2.75, 3.05) is 17.7 Å². The quantitative estimate of drug-likeness (QED) is 0.255. The molecule has 9 heteroatoms. The van der Waals surface area contributed by atoms with E-state index in [0.29, 0.717) is 23.4 Å². The Kier molecular flexibility index (Phi) is 8.15. The van der Waals surface area contributed by atoms with E-state index in [1.165, 1.54) is 30.0 Å². The van der Waals surface area contributed by atoms with E-state index in [4.69, 9.17) is 9.84 Å². The van der Waals surface area contributed by atoms with Gasteiger partial charge in [0.05, 0.1) is 12.4 Å². The number of benzene rings is 3. The van der Waals surface area contributed by atoms with Crippen LogP contribution in [0.2, 0.25) is 0 Å². The van der Waals surface area contributed by atoms with Crippen LogP contribution in [0.15, 0.2) is 71.6 Å². The number of carbonyl (C=O) groups excluding carboxylic acids is 2. The number of phenols is 1. The maximum absolute atomic E-state index is 12.8. The molecule has 2 amide bonds. The predicted molar refractivity (Wildman–Crippen MR) is 131 cm³/mol. The molecule has 3 aromatic rings. The zero-order valence-electron chi connectivity index (χ0n) is 18.6. The number of rotatable bonds is 9. The highest BCUT2D eigenvalue weighted by Crippen LogP contribution is 2.29. The fraction of sp³-hybridized carbons (Fsp3) is 0.160. The molecule has 0 aliphatic rings. The SMILES string of the molecule is CCC(Sc1cccc(NC(=O)c2ccc(OC)cc2)c1)C(=O)Nc1ccc(O)c(C(=O)O)c1. The van der Waals surface area contributed by atoms with Crippen LogP contribution in [-0.4, -0.2) is 40.4 Å². The molecule has 0 heterocycles. The lowest BCUT2D eigenvalue weighted by Crippen LogP contribution is -2.24. The van der Waals surface area contributed by atoms with Crippen molar-refractivity contribution in [2.45, 2.75) is 23.5 Å². The Morgan fingerprint density at radius 3 is 2.32 bits per heavy atom. The number of hydrogen-bond donors (Lipinski definition) is 4. The summed E-state index contributed by atoms with van der Waals surface area (Å²) < 4.78 is 5.10. The van der Waals surface area contributed by atoms with Crippen molar-refractivity contribution in [3.63, 3.8) is 0 Å². The fourth-order valence-corrected chi connectivity index (χ4v) is 4.10. The normalized spacial score (nSPS) is 11.4. The number of ether oxygens (including phenoxy) is 1. The number of aromatic carboxylic acids is 1. The summed E-state index contributed by atoms with van der Waals surface area (Å²) in [7, 11) is 1.56. The third kappa shape index (κ3) is 6.29. The lowest BCUT2D eigenvalue weighted by Gasteiger charge is -2.16. The molecule has 0 aliphatic heterocycles. The molecular weight excluding hydrogens is 456 g/mol. The molecular formula is C25H24N2O6S. The van der Waals surface area contributed by atoms with Gasteiger partial charge in [-0.15, -0.1) is 11.8 Å². The molecule has 0 saturated heterocycles. The lowest BCUT2D eigenvalue weighted by atomic mass is 10.1. The molecule has 0 saturated carbocycles. The van der Waals surface area contributed by atoms with E-state index in [0.717, 1.165) is 4.90 Å². The van der Waals surface area contributed by atoms with Gasteiger partial charge in [0.1, 0.15) is 17.1 Å². The Hall–Kier alpha value is -3.98. The first-order valence-electron chi connectivity index (χ1n) is 10.4. The average molecular weight is 481 g/mol. The Bertz CT molecular complexity index is 1200. The second-order valence-electron chi connectivity index (χ2n) is 7.25. The molecule has 0 fully saturated rings. The van der Waals surface area contributed by atoms with Crippen LogP contribution in [0, 0.1) is 0 Å². The summed E-state index contributed by atoms with van der Waals surface area (Å²) in [6.45, 7) is 1.87. The molecule has 1 atom stereocenters. The smallest absolute Gasteiger partial charge is 0.339 e.